The molecule has 5 nitrogen and oxygen atoms in total. The molecule has 2 aromatic carbocycles. The van der Waals surface area contributed by atoms with Gasteiger partial charge in [-0.25, -0.2) is 0 Å². The molecule has 3 rings (SSSR count). The van der Waals surface area contributed by atoms with Gasteiger partial charge in [-0.15, -0.1) is 0 Å². The maximum Gasteiger partial charge on any atom is 0.244 e. The lowest BCUT2D eigenvalue weighted by molar-refractivity contribution is -0.116. The smallest absolute Gasteiger partial charge is 0.244 e. The zero-order valence-electron chi connectivity index (χ0n) is 13.0. The van der Waals surface area contributed by atoms with E-state index in [2.05, 4.69) is 5.32 Å². The number of hydrogen-bond acceptors (Lipinski definition) is 4. The number of hydrogen-bond donors (Lipinski definition) is 1. The molecule has 24 heavy (non-hydrogen) atoms. The molecule has 0 spiro atoms. The molecule has 0 aliphatic carbocycles. The minimum atomic E-state index is -0.195. The van der Waals surface area contributed by atoms with Crippen LogP contribution in [0.3, 0.4) is 0 Å². The van der Waals surface area contributed by atoms with Crippen LogP contribution in [-0.2, 0) is 11.3 Å². The second-order valence-electron chi connectivity index (χ2n) is 5.13. The Balaban J connectivity index is 1.56. The second kappa shape index (κ2) is 7.27. The lowest BCUT2D eigenvalue weighted by Gasteiger charge is -2.04. The van der Waals surface area contributed by atoms with Crippen LogP contribution in [0.2, 0.25) is 5.02 Å². The van der Waals surface area contributed by atoms with E-state index in [-0.39, 0.29) is 12.7 Å². The van der Waals surface area contributed by atoms with Gasteiger partial charge in [-0.1, -0.05) is 23.7 Å². The van der Waals surface area contributed by atoms with E-state index in [1.807, 2.05) is 24.3 Å². The predicted molar refractivity (Wildman–Crippen MR) is 91.4 cm³/mol. The van der Waals surface area contributed by atoms with Crippen molar-refractivity contribution in [2.45, 2.75) is 6.54 Å². The fourth-order valence-corrected chi connectivity index (χ4v) is 2.52. The van der Waals surface area contributed by atoms with E-state index in [1.54, 1.807) is 25.3 Å². The molecule has 1 amide bonds. The van der Waals surface area contributed by atoms with Crippen molar-refractivity contribution in [1.82, 2.24) is 5.32 Å². The Kier molecular flexibility index (Phi) is 4.91. The minimum absolute atomic E-state index is 0.195. The zero-order chi connectivity index (χ0) is 16.9. The van der Waals surface area contributed by atoms with Crippen LogP contribution in [0.25, 0.3) is 6.08 Å². The van der Waals surface area contributed by atoms with Crippen molar-refractivity contribution in [2.24, 2.45) is 0 Å². The summed E-state index contributed by atoms with van der Waals surface area (Å²) in [6.07, 6.45) is 3.16. The van der Waals surface area contributed by atoms with E-state index >= 15 is 0 Å². The van der Waals surface area contributed by atoms with E-state index in [0.29, 0.717) is 23.1 Å². The Morgan fingerprint density at radius 1 is 1.25 bits per heavy atom. The Morgan fingerprint density at radius 2 is 2.08 bits per heavy atom. The number of carbonyl (C=O) groups is 1. The molecule has 1 aliphatic heterocycles. The van der Waals surface area contributed by atoms with Crippen molar-refractivity contribution in [3.63, 3.8) is 0 Å². The van der Waals surface area contributed by atoms with Gasteiger partial charge in [-0.2, -0.15) is 0 Å². The third-order valence-electron chi connectivity index (χ3n) is 3.51. The zero-order valence-corrected chi connectivity index (χ0v) is 13.8. The summed E-state index contributed by atoms with van der Waals surface area (Å²) in [5.74, 6) is 1.83. The highest BCUT2D eigenvalue weighted by Gasteiger charge is 2.13. The van der Waals surface area contributed by atoms with Crippen LogP contribution in [0.15, 0.2) is 42.5 Å². The molecule has 0 unspecified atom stereocenters. The van der Waals surface area contributed by atoms with Crippen molar-refractivity contribution in [2.75, 3.05) is 13.9 Å². The summed E-state index contributed by atoms with van der Waals surface area (Å²) in [6, 6.07) is 10.9. The van der Waals surface area contributed by atoms with Gasteiger partial charge in [-0.05, 0) is 41.5 Å². The summed E-state index contributed by atoms with van der Waals surface area (Å²) < 4.78 is 15.7. The Morgan fingerprint density at radius 3 is 2.88 bits per heavy atom. The maximum atomic E-state index is 11.9. The second-order valence-corrected chi connectivity index (χ2v) is 5.54. The number of amides is 1. The third-order valence-corrected chi connectivity index (χ3v) is 3.80. The quantitative estimate of drug-likeness (QED) is 0.844. The molecule has 1 N–H and O–H groups in total. The number of ether oxygens (including phenoxy) is 3. The number of halogens is 1. The highest BCUT2D eigenvalue weighted by molar-refractivity contribution is 6.32. The molecular weight excluding hydrogens is 330 g/mol. The number of nitrogens with one attached hydrogen (secondary N) is 1. The average molecular weight is 346 g/mol. The van der Waals surface area contributed by atoms with Crippen LogP contribution in [0, 0.1) is 0 Å². The van der Waals surface area contributed by atoms with Gasteiger partial charge in [0.25, 0.3) is 0 Å². The number of fused-ring (bicyclic) bond motifs is 1. The van der Waals surface area contributed by atoms with Gasteiger partial charge < -0.3 is 19.5 Å². The number of methoxy groups -OCH3 is 1. The van der Waals surface area contributed by atoms with E-state index in [1.165, 1.54) is 6.08 Å². The van der Waals surface area contributed by atoms with E-state index < -0.39 is 0 Å². The third kappa shape index (κ3) is 3.81. The minimum Gasteiger partial charge on any atom is -0.495 e. The summed E-state index contributed by atoms with van der Waals surface area (Å²) in [6.45, 7) is 0.640. The first-order valence-corrected chi connectivity index (χ1v) is 7.71. The van der Waals surface area contributed by atoms with E-state index in [9.17, 15) is 4.79 Å². The summed E-state index contributed by atoms with van der Waals surface area (Å²) in [7, 11) is 1.56. The Labute approximate surface area is 144 Å². The molecule has 0 fully saturated rings. The Bertz CT molecular complexity index is 789. The molecule has 6 heteroatoms. The molecule has 0 atom stereocenters. The maximum absolute atomic E-state index is 11.9. The van der Waals surface area contributed by atoms with Crippen molar-refractivity contribution < 1.29 is 19.0 Å². The first-order chi connectivity index (χ1) is 11.7. The normalized spacial score (nSPS) is 12.4. The van der Waals surface area contributed by atoms with Crippen LogP contribution in [0.5, 0.6) is 17.2 Å². The summed E-state index contributed by atoms with van der Waals surface area (Å²) in [4.78, 5) is 11.9. The van der Waals surface area contributed by atoms with Gasteiger partial charge in [0.2, 0.25) is 12.7 Å². The van der Waals surface area contributed by atoms with Gasteiger partial charge >= 0.3 is 0 Å². The van der Waals surface area contributed by atoms with Crippen LogP contribution >= 0.6 is 11.6 Å². The van der Waals surface area contributed by atoms with Gasteiger partial charge in [0.15, 0.2) is 11.5 Å². The standard InChI is InChI=1S/C18H16ClNO4/c1-22-15-5-2-12(8-14(15)19)4-7-18(21)20-10-13-3-6-16-17(9-13)24-11-23-16/h2-9H,10-11H2,1H3,(H,20,21). The topological polar surface area (TPSA) is 56.8 Å². The van der Waals surface area contributed by atoms with E-state index in [4.69, 9.17) is 25.8 Å². The molecular formula is C18H16ClNO4. The highest BCUT2D eigenvalue weighted by Crippen LogP contribution is 2.32. The van der Waals surface area contributed by atoms with Gasteiger partial charge in [0.1, 0.15) is 5.75 Å². The Hall–Kier alpha value is -2.66. The largest absolute Gasteiger partial charge is 0.495 e. The van der Waals surface area contributed by atoms with Crippen molar-refractivity contribution in [3.05, 3.63) is 58.6 Å². The highest BCUT2D eigenvalue weighted by atomic mass is 35.5. The summed E-state index contributed by atoms with van der Waals surface area (Å²) >= 11 is 6.05. The van der Waals surface area contributed by atoms with Crippen LogP contribution in [-0.4, -0.2) is 19.8 Å². The molecule has 2 aromatic rings. The predicted octanol–water partition coefficient (Wildman–Crippen LogP) is 3.41. The number of benzene rings is 2. The van der Waals surface area contributed by atoms with Crippen LogP contribution in [0.1, 0.15) is 11.1 Å². The summed E-state index contributed by atoms with van der Waals surface area (Å²) in [5, 5.41) is 3.32. The molecule has 0 aromatic heterocycles. The fraction of sp³-hybridized carbons (Fsp3) is 0.167. The molecule has 124 valence electrons. The first kappa shape index (κ1) is 16.2. The molecule has 1 aliphatic rings. The monoisotopic (exact) mass is 345 g/mol. The SMILES string of the molecule is COc1ccc(C=CC(=O)NCc2ccc3c(c2)OCO3)cc1Cl. The lowest BCUT2D eigenvalue weighted by Crippen LogP contribution is -2.20. The number of carbonyl (C=O) groups excluding carboxylic acids is 1. The molecule has 1 heterocycles. The fourth-order valence-electron chi connectivity index (χ4n) is 2.26. The van der Waals surface area contributed by atoms with Crippen molar-refractivity contribution in [3.8, 4) is 17.2 Å². The van der Waals surface area contributed by atoms with E-state index in [0.717, 1.165) is 16.9 Å². The van der Waals surface area contributed by atoms with Crippen LogP contribution in [0.4, 0.5) is 0 Å². The van der Waals surface area contributed by atoms with Crippen LogP contribution < -0.4 is 19.5 Å². The molecule has 0 radical (unpaired) electrons. The first-order valence-electron chi connectivity index (χ1n) is 7.33. The number of rotatable bonds is 5. The van der Waals surface area contributed by atoms with Crippen molar-refractivity contribution in [1.29, 1.82) is 0 Å². The van der Waals surface area contributed by atoms with Gasteiger partial charge in [-0.3, -0.25) is 4.79 Å². The average Bonchev–Trinajstić information content (AvgIpc) is 3.06. The summed E-state index contributed by atoms with van der Waals surface area (Å²) in [5.41, 5.74) is 1.76. The van der Waals surface area contributed by atoms with Gasteiger partial charge in [0.05, 0.1) is 12.1 Å². The molecule has 0 saturated heterocycles. The molecule has 0 saturated carbocycles. The van der Waals surface area contributed by atoms with Crippen molar-refractivity contribution >= 4 is 23.6 Å². The molecule has 0 bridgehead atoms. The lowest BCUT2D eigenvalue weighted by atomic mass is 10.2. The van der Waals surface area contributed by atoms with Gasteiger partial charge in [0, 0.05) is 12.6 Å².